The molecule has 14 heavy (non-hydrogen) atoms. The molecule has 3 heteroatoms. The van der Waals surface area contributed by atoms with Crippen LogP contribution in [0.15, 0.2) is 24.3 Å². The van der Waals surface area contributed by atoms with E-state index in [1.165, 1.54) is 6.42 Å². The van der Waals surface area contributed by atoms with Gasteiger partial charge in [0.1, 0.15) is 5.82 Å². The summed E-state index contributed by atoms with van der Waals surface area (Å²) in [6.07, 6.45) is 2.33. The highest BCUT2D eigenvalue weighted by Crippen LogP contribution is 2.24. The molecule has 2 aromatic rings. The molecule has 0 aliphatic carbocycles. The number of nitrogens with zero attached hydrogens (tertiary/aromatic N) is 2. The number of aromatic nitrogens is 2. The van der Waals surface area contributed by atoms with Crippen LogP contribution in [0.4, 0.5) is 0 Å². The third-order valence-corrected chi connectivity index (χ3v) is 2.71. The normalized spacial score (nSPS) is 21.9. The van der Waals surface area contributed by atoms with Gasteiger partial charge in [-0.3, -0.25) is 0 Å². The van der Waals surface area contributed by atoms with Crippen LogP contribution in [0.25, 0.3) is 11.0 Å². The predicted molar refractivity (Wildman–Crippen MR) is 55.1 cm³/mol. The van der Waals surface area contributed by atoms with Crippen LogP contribution >= 0.6 is 0 Å². The van der Waals surface area contributed by atoms with Crippen LogP contribution in [0.5, 0.6) is 0 Å². The molecule has 0 bridgehead atoms. The van der Waals surface area contributed by atoms with E-state index in [1.807, 2.05) is 18.2 Å². The second-order valence-electron chi connectivity index (χ2n) is 3.70. The number of rotatable bonds is 1. The van der Waals surface area contributed by atoms with Gasteiger partial charge in [-0.25, -0.2) is 10.3 Å². The number of fused-ring (bicyclic) bond motifs is 1. The molecule has 0 saturated carbocycles. The van der Waals surface area contributed by atoms with E-state index >= 15 is 0 Å². The first-order chi connectivity index (χ1) is 6.93. The summed E-state index contributed by atoms with van der Waals surface area (Å²) in [7, 11) is 0. The molecule has 1 radical (unpaired) electrons. The van der Waals surface area contributed by atoms with Gasteiger partial charge in [-0.1, -0.05) is 12.1 Å². The zero-order chi connectivity index (χ0) is 9.38. The summed E-state index contributed by atoms with van der Waals surface area (Å²) in [4.78, 5) is 7.88. The minimum Gasteiger partial charge on any atom is -0.341 e. The maximum Gasteiger partial charge on any atom is 0.126 e. The van der Waals surface area contributed by atoms with E-state index in [0.29, 0.717) is 6.04 Å². The van der Waals surface area contributed by atoms with Gasteiger partial charge in [0.05, 0.1) is 17.1 Å². The van der Waals surface area contributed by atoms with E-state index in [0.717, 1.165) is 29.8 Å². The lowest BCUT2D eigenvalue weighted by Gasteiger charge is -2.02. The number of hydrogen-bond donors (Lipinski definition) is 1. The monoisotopic (exact) mass is 186 g/mol. The Bertz CT molecular complexity index is 407. The van der Waals surface area contributed by atoms with Crippen molar-refractivity contribution >= 4 is 11.0 Å². The zero-order valence-electron chi connectivity index (χ0n) is 7.90. The molecule has 1 atom stereocenters. The van der Waals surface area contributed by atoms with Crippen LogP contribution in [-0.2, 0) is 0 Å². The van der Waals surface area contributed by atoms with Crippen LogP contribution < -0.4 is 5.32 Å². The van der Waals surface area contributed by atoms with Crippen molar-refractivity contribution in [3.05, 3.63) is 30.1 Å². The highest BCUT2D eigenvalue weighted by Gasteiger charge is 2.20. The van der Waals surface area contributed by atoms with Crippen LogP contribution in [0.3, 0.4) is 0 Å². The SMILES string of the molecule is c1ccc2[nH]c([C@@H]3CCC[N]3)nc2c1. The van der Waals surface area contributed by atoms with Crippen LogP contribution in [0.2, 0.25) is 0 Å². The van der Waals surface area contributed by atoms with Gasteiger partial charge < -0.3 is 4.98 Å². The molecule has 2 heterocycles. The van der Waals surface area contributed by atoms with Crippen LogP contribution in [0.1, 0.15) is 24.7 Å². The summed E-state index contributed by atoms with van der Waals surface area (Å²) in [6, 6.07) is 8.43. The second-order valence-corrected chi connectivity index (χ2v) is 3.70. The lowest BCUT2D eigenvalue weighted by Crippen LogP contribution is -2.06. The van der Waals surface area contributed by atoms with Gasteiger partial charge >= 0.3 is 0 Å². The fraction of sp³-hybridized carbons (Fsp3) is 0.364. The van der Waals surface area contributed by atoms with Gasteiger partial charge in [0, 0.05) is 6.54 Å². The Morgan fingerprint density at radius 1 is 1.29 bits per heavy atom. The number of nitrogens with one attached hydrogen (secondary N) is 1. The van der Waals surface area contributed by atoms with E-state index < -0.39 is 0 Å². The first-order valence-electron chi connectivity index (χ1n) is 5.05. The average Bonchev–Trinajstić information content (AvgIpc) is 2.86. The quantitative estimate of drug-likeness (QED) is 0.727. The Morgan fingerprint density at radius 3 is 3.00 bits per heavy atom. The molecule has 0 amide bonds. The van der Waals surface area contributed by atoms with Crippen molar-refractivity contribution in [3.8, 4) is 0 Å². The van der Waals surface area contributed by atoms with E-state index in [1.54, 1.807) is 0 Å². The summed E-state index contributed by atoms with van der Waals surface area (Å²) in [5.41, 5.74) is 2.16. The Hall–Kier alpha value is -1.35. The molecular formula is C11H12N3. The van der Waals surface area contributed by atoms with Crippen molar-refractivity contribution in [2.75, 3.05) is 6.54 Å². The Balaban J connectivity index is 2.05. The number of H-pyrrole nitrogens is 1. The smallest absolute Gasteiger partial charge is 0.126 e. The fourth-order valence-corrected chi connectivity index (χ4v) is 1.98. The van der Waals surface area contributed by atoms with Crippen molar-refractivity contribution in [2.24, 2.45) is 0 Å². The third kappa shape index (κ3) is 1.21. The molecule has 0 spiro atoms. The minimum absolute atomic E-state index is 0.308. The van der Waals surface area contributed by atoms with E-state index in [9.17, 15) is 0 Å². The Labute approximate surface area is 82.5 Å². The molecule has 1 fully saturated rings. The summed E-state index contributed by atoms with van der Waals surface area (Å²) < 4.78 is 0. The van der Waals surface area contributed by atoms with Crippen molar-refractivity contribution in [3.63, 3.8) is 0 Å². The topological polar surface area (TPSA) is 42.8 Å². The van der Waals surface area contributed by atoms with Gasteiger partial charge in [0.25, 0.3) is 0 Å². The first kappa shape index (κ1) is 8.00. The fourth-order valence-electron chi connectivity index (χ4n) is 1.98. The Kier molecular flexibility index (Phi) is 1.77. The maximum atomic E-state index is 4.55. The van der Waals surface area contributed by atoms with Crippen molar-refractivity contribution in [1.29, 1.82) is 0 Å². The maximum absolute atomic E-state index is 4.55. The molecule has 3 nitrogen and oxygen atoms in total. The largest absolute Gasteiger partial charge is 0.341 e. The van der Waals surface area contributed by atoms with Crippen LogP contribution in [-0.4, -0.2) is 16.5 Å². The van der Waals surface area contributed by atoms with Gasteiger partial charge in [-0.15, -0.1) is 0 Å². The molecule has 1 aromatic heterocycles. The molecule has 3 rings (SSSR count). The molecule has 1 saturated heterocycles. The number of aromatic amines is 1. The van der Waals surface area contributed by atoms with Gasteiger partial charge in [0.15, 0.2) is 0 Å². The number of hydrogen-bond acceptors (Lipinski definition) is 1. The molecule has 1 N–H and O–H groups in total. The second kappa shape index (κ2) is 3.10. The van der Waals surface area contributed by atoms with Crippen molar-refractivity contribution in [2.45, 2.75) is 18.9 Å². The standard InChI is InChI=1S/C11H12N3/c1-2-5-9-8(4-1)13-11(14-9)10-6-3-7-12-10/h1-2,4-5,10H,3,6-7H2,(H,13,14)/t10-/m0/s1. The van der Waals surface area contributed by atoms with Gasteiger partial charge in [0.2, 0.25) is 0 Å². The highest BCUT2D eigenvalue weighted by atomic mass is 15.0. The number of imidazole rings is 1. The summed E-state index contributed by atoms with van der Waals surface area (Å²) >= 11 is 0. The van der Waals surface area contributed by atoms with E-state index in [4.69, 9.17) is 0 Å². The Morgan fingerprint density at radius 2 is 2.21 bits per heavy atom. The zero-order valence-corrected chi connectivity index (χ0v) is 7.90. The lowest BCUT2D eigenvalue weighted by atomic mass is 10.2. The molecule has 1 aliphatic rings. The van der Waals surface area contributed by atoms with E-state index in [2.05, 4.69) is 21.4 Å². The predicted octanol–water partition coefficient (Wildman–Crippen LogP) is 2.00. The average molecular weight is 186 g/mol. The third-order valence-electron chi connectivity index (χ3n) is 2.71. The summed E-state index contributed by atoms with van der Waals surface area (Å²) in [5, 5.41) is 4.51. The van der Waals surface area contributed by atoms with Crippen LogP contribution in [0, 0.1) is 0 Å². The molecule has 1 aromatic carbocycles. The first-order valence-corrected chi connectivity index (χ1v) is 5.05. The van der Waals surface area contributed by atoms with Gasteiger partial charge in [-0.2, -0.15) is 0 Å². The lowest BCUT2D eigenvalue weighted by molar-refractivity contribution is 0.603. The van der Waals surface area contributed by atoms with Crippen molar-refractivity contribution < 1.29 is 0 Å². The molecule has 0 unspecified atom stereocenters. The highest BCUT2D eigenvalue weighted by molar-refractivity contribution is 5.74. The van der Waals surface area contributed by atoms with E-state index in [-0.39, 0.29) is 0 Å². The summed E-state index contributed by atoms with van der Waals surface area (Å²) in [5.74, 6) is 1.03. The number of para-hydroxylation sites is 2. The molecule has 71 valence electrons. The molecule has 1 aliphatic heterocycles. The number of benzene rings is 1. The van der Waals surface area contributed by atoms with Crippen molar-refractivity contribution in [1.82, 2.24) is 15.3 Å². The van der Waals surface area contributed by atoms with Gasteiger partial charge in [-0.05, 0) is 25.0 Å². The molecular weight excluding hydrogens is 174 g/mol. The minimum atomic E-state index is 0.308. The summed E-state index contributed by atoms with van der Waals surface area (Å²) in [6.45, 7) is 0.988.